The van der Waals surface area contributed by atoms with Gasteiger partial charge in [0, 0.05) is 13.1 Å². The fourth-order valence-corrected chi connectivity index (χ4v) is 2.34. The van der Waals surface area contributed by atoms with Gasteiger partial charge in [-0.2, -0.15) is 0 Å². The number of likely N-dealkylation sites (tertiary alicyclic amines) is 1. The van der Waals surface area contributed by atoms with Gasteiger partial charge in [0.15, 0.2) is 5.76 Å². The highest BCUT2D eigenvalue weighted by molar-refractivity contribution is 5.95. The van der Waals surface area contributed by atoms with Crippen molar-refractivity contribution in [1.29, 1.82) is 0 Å². The van der Waals surface area contributed by atoms with Crippen LogP contribution in [-0.2, 0) is 4.79 Å². The number of rotatable bonds is 3. The third kappa shape index (κ3) is 3.19. The number of nitrogens with one attached hydrogen (secondary N) is 1. The molecule has 0 aromatic carbocycles. The van der Waals surface area contributed by atoms with Crippen LogP contribution in [0.5, 0.6) is 0 Å². The summed E-state index contributed by atoms with van der Waals surface area (Å²) in [5.41, 5.74) is 0. The molecule has 0 spiro atoms. The Balaban J connectivity index is 1.90. The molecule has 0 saturated carbocycles. The predicted octanol–water partition coefficient (Wildman–Crippen LogP) is 0.627. The first-order valence-electron chi connectivity index (χ1n) is 6.80. The number of amides is 2. The van der Waals surface area contributed by atoms with Crippen LogP contribution in [0.3, 0.4) is 0 Å². The van der Waals surface area contributed by atoms with Crippen LogP contribution < -0.4 is 5.32 Å². The molecule has 6 nitrogen and oxygen atoms in total. The number of hydrogen-bond acceptors (Lipinski definition) is 4. The number of carbonyl (C=O) groups excluding carboxylic acids is 2. The van der Waals surface area contributed by atoms with E-state index >= 15 is 0 Å². The van der Waals surface area contributed by atoms with Gasteiger partial charge in [0.25, 0.3) is 5.91 Å². The maximum Gasteiger partial charge on any atom is 0.287 e. The molecule has 1 aliphatic rings. The average Bonchev–Trinajstić information content (AvgIpc) is 2.95. The van der Waals surface area contributed by atoms with Crippen molar-refractivity contribution in [2.45, 2.75) is 32.4 Å². The second-order valence-electron chi connectivity index (χ2n) is 5.29. The number of aliphatic hydroxyl groups is 1. The average molecular weight is 280 g/mol. The highest BCUT2D eigenvalue weighted by Crippen LogP contribution is 2.17. The molecule has 1 aliphatic heterocycles. The Morgan fingerprint density at radius 2 is 2.30 bits per heavy atom. The molecule has 2 amide bonds. The first-order chi connectivity index (χ1) is 9.49. The van der Waals surface area contributed by atoms with E-state index in [1.807, 2.05) is 6.92 Å². The van der Waals surface area contributed by atoms with Gasteiger partial charge in [-0.05, 0) is 31.4 Å². The van der Waals surface area contributed by atoms with E-state index in [9.17, 15) is 14.7 Å². The number of piperidine rings is 1. The number of nitrogens with zero attached hydrogens (tertiary/aromatic N) is 1. The minimum atomic E-state index is -0.616. The van der Waals surface area contributed by atoms with Crippen LogP contribution in [-0.4, -0.2) is 47.1 Å². The summed E-state index contributed by atoms with van der Waals surface area (Å²) in [5.74, 6) is -0.294. The van der Waals surface area contributed by atoms with Crippen molar-refractivity contribution in [3.8, 4) is 0 Å². The largest absolute Gasteiger partial charge is 0.459 e. The summed E-state index contributed by atoms with van der Waals surface area (Å²) in [4.78, 5) is 25.7. The molecule has 6 heteroatoms. The molecule has 2 heterocycles. The van der Waals surface area contributed by atoms with Gasteiger partial charge < -0.3 is 19.7 Å². The Morgan fingerprint density at radius 1 is 1.55 bits per heavy atom. The van der Waals surface area contributed by atoms with Crippen LogP contribution in [0.15, 0.2) is 22.8 Å². The van der Waals surface area contributed by atoms with Crippen LogP contribution in [0.25, 0.3) is 0 Å². The van der Waals surface area contributed by atoms with Crippen molar-refractivity contribution >= 4 is 11.8 Å². The maximum absolute atomic E-state index is 12.3. The summed E-state index contributed by atoms with van der Waals surface area (Å²) >= 11 is 0. The highest BCUT2D eigenvalue weighted by Gasteiger charge is 2.30. The molecule has 20 heavy (non-hydrogen) atoms. The predicted molar refractivity (Wildman–Crippen MR) is 72.0 cm³/mol. The summed E-state index contributed by atoms with van der Waals surface area (Å²) in [5, 5.41) is 12.3. The Hall–Kier alpha value is -1.82. The van der Waals surface area contributed by atoms with E-state index < -0.39 is 11.9 Å². The molecule has 1 aromatic rings. The third-order valence-corrected chi connectivity index (χ3v) is 3.63. The van der Waals surface area contributed by atoms with Gasteiger partial charge in [0.1, 0.15) is 6.04 Å². The molecule has 3 atom stereocenters. The summed E-state index contributed by atoms with van der Waals surface area (Å²) in [6.07, 6.45) is 1.63. The summed E-state index contributed by atoms with van der Waals surface area (Å²) in [7, 11) is 0. The fraction of sp³-hybridized carbons (Fsp3) is 0.571. The molecule has 2 N–H and O–H groups in total. The third-order valence-electron chi connectivity index (χ3n) is 3.63. The first-order valence-corrected chi connectivity index (χ1v) is 6.80. The summed E-state index contributed by atoms with van der Waals surface area (Å²) in [6.45, 7) is 4.60. The van der Waals surface area contributed by atoms with Crippen molar-refractivity contribution in [1.82, 2.24) is 10.2 Å². The van der Waals surface area contributed by atoms with Gasteiger partial charge in [0.05, 0.1) is 12.4 Å². The molecular weight excluding hydrogens is 260 g/mol. The van der Waals surface area contributed by atoms with E-state index in [1.165, 1.54) is 6.26 Å². The summed E-state index contributed by atoms with van der Waals surface area (Å²) < 4.78 is 4.98. The molecule has 2 rings (SSSR count). The lowest BCUT2D eigenvalue weighted by Gasteiger charge is -2.35. The van der Waals surface area contributed by atoms with Crippen molar-refractivity contribution in [3.05, 3.63) is 24.2 Å². The van der Waals surface area contributed by atoms with E-state index in [1.54, 1.807) is 24.0 Å². The van der Waals surface area contributed by atoms with E-state index in [4.69, 9.17) is 4.42 Å². The lowest BCUT2D eigenvalue weighted by Crippen LogP contribution is -2.52. The first kappa shape index (κ1) is 14.6. The smallest absolute Gasteiger partial charge is 0.287 e. The zero-order valence-electron chi connectivity index (χ0n) is 11.7. The van der Waals surface area contributed by atoms with E-state index in [0.29, 0.717) is 19.5 Å². The Kier molecular flexibility index (Phi) is 4.44. The van der Waals surface area contributed by atoms with E-state index in [-0.39, 0.29) is 23.7 Å². The van der Waals surface area contributed by atoms with Crippen molar-refractivity contribution in [3.63, 3.8) is 0 Å². The zero-order valence-corrected chi connectivity index (χ0v) is 11.7. The molecule has 1 fully saturated rings. The van der Waals surface area contributed by atoms with Crippen LogP contribution in [0.1, 0.15) is 30.8 Å². The van der Waals surface area contributed by atoms with Crippen LogP contribution in [0.2, 0.25) is 0 Å². The minimum Gasteiger partial charge on any atom is -0.459 e. The van der Waals surface area contributed by atoms with Gasteiger partial charge in [-0.15, -0.1) is 0 Å². The molecule has 1 saturated heterocycles. The molecule has 0 radical (unpaired) electrons. The monoisotopic (exact) mass is 280 g/mol. The number of aliphatic hydroxyl groups excluding tert-OH is 1. The van der Waals surface area contributed by atoms with E-state index in [0.717, 1.165) is 0 Å². The van der Waals surface area contributed by atoms with E-state index in [2.05, 4.69) is 5.32 Å². The van der Waals surface area contributed by atoms with Crippen molar-refractivity contribution in [2.75, 3.05) is 13.1 Å². The lowest BCUT2D eigenvalue weighted by atomic mass is 9.96. The topological polar surface area (TPSA) is 82.8 Å². The second-order valence-corrected chi connectivity index (χ2v) is 5.29. The molecule has 3 unspecified atom stereocenters. The number of carbonyl (C=O) groups is 2. The van der Waals surface area contributed by atoms with Gasteiger partial charge >= 0.3 is 0 Å². The van der Waals surface area contributed by atoms with Gasteiger partial charge in [0.2, 0.25) is 5.91 Å². The van der Waals surface area contributed by atoms with Gasteiger partial charge in [-0.3, -0.25) is 9.59 Å². The SMILES string of the molecule is CC(NC(=O)c1ccco1)C(=O)N1CCC(O)C(C)C1. The van der Waals surface area contributed by atoms with Gasteiger partial charge in [-0.25, -0.2) is 0 Å². The normalized spacial score (nSPS) is 24.2. The maximum atomic E-state index is 12.3. The van der Waals surface area contributed by atoms with Crippen LogP contribution in [0.4, 0.5) is 0 Å². The molecule has 0 bridgehead atoms. The quantitative estimate of drug-likeness (QED) is 0.850. The van der Waals surface area contributed by atoms with Crippen LogP contribution >= 0.6 is 0 Å². The number of furan rings is 1. The fourth-order valence-electron chi connectivity index (χ4n) is 2.34. The standard InChI is InChI=1S/C14H20N2O4/c1-9-8-16(6-5-11(9)17)14(19)10(2)15-13(18)12-4-3-7-20-12/h3-4,7,9-11,17H,5-6,8H2,1-2H3,(H,15,18). The summed E-state index contributed by atoms with van der Waals surface area (Å²) in [6, 6.07) is 2.55. The highest BCUT2D eigenvalue weighted by atomic mass is 16.3. The number of hydrogen-bond donors (Lipinski definition) is 2. The Labute approximate surface area is 117 Å². The Morgan fingerprint density at radius 3 is 2.90 bits per heavy atom. The zero-order chi connectivity index (χ0) is 14.7. The Bertz CT molecular complexity index is 472. The van der Waals surface area contributed by atoms with Crippen LogP contribution in [0, 0.1) is 5.92 Å². The molecule has 110 valence electrons. The van der Waals surface area contributed by atoms with Gasteiger partial charge in [-0.1, -0.05) is 6.92 Å². The van der Waals surface area contributed by atoms with Crippen molar-refractivity contribution < 1.29 is 19.1 Å². The molecule has 0 aliphatic carbocycles. The lowest BCUT2D eigenvalue weighted by molar-refractivity contribution is -0.136. The second kappa shape index (κ2) is 6.09. The molecule has 1 aromatic heterocycles. The van der Waals surface area contributed by atoms with Crippen molar-refractivity contribution in [2.24, 2.45) is 5.92 Å². The molecular formula is C14H20N2O4. The minimum absolute atomic E-state index is 0.0562.